The number of thiophene rings is 1. The van der Waals surface area contributed by atoms with Crippen molar-refractivity contribution in [2.75, 3.05) is 19.8 Å². The van der Waals surface area contributed by atoms with Crippen molar-refractivity contribution in [3.05, 3.63) is 35.2 Å². The van der Waals surface area contributed by atoms with E-state index in [2.05, 4.69) is 41.9 Å². The second-order valence-electron chi connectivity index (χ2n) is 4.85. The molecule has 2 aromatic rings. The molecule has 0 aliphatic carbocycles. The molecule has 2 atom stereocenters. The molecule has 0 bridgehead atoms. The van der Waals surface area contributed by atoms with Gasteiger partial charge in [0.15, 0.2) is 0 Å². The Hall–Kier alpha value is -0.900. The van der Waals surface area contributed by atoms with E-state index in [9.17, 15) is 0 Å². The van der Waals surface area contributed by atoms with Crippen LogP contribution in [0.3, 0.4) is 0 Å². The molecule has 2 unspecified atom stereocenters. The summed E-state index contributed by atoms with van der Waals surface area (Å²) in [6, 6.07) is 9.27. The summed E-state index contributed by atoms with van der Waals surface area (Å²) < 4.78 is 6.99. The summed E-state index contributed by atoms with van der Waals surface area (Å²) >= 11 is 1.85. The summed E-state index contributed by atoms with van der Waals surface area (Å²) in [5.74, 6) is 0.609. The molecule has 2 nitrogen and oxygen atoms in total. The minimum absolute atomic E-state index is 0.430. The molecule has 3 heteroatoms. The lowest BCUT2D eigenvalue weighted by molar-refractivity contribution is 0.177. The van der Waals surface area contributed by atoms with Crippen LogP contribution in [0, 0.1) is 5.92 Å². The predicted octanol–water partition coefficient (Wildman–Crippen LogP) is 3.59. The number of hydrogen-bond donors (Lipinski definition) is 1. The molecule has 0 saturated carbocycles. The molecule has 18 heavy (non-hydrogen) atoms. The van der Waals surface area contributed by atoms with Gasteiger partial charge in [0, 0.05) is 23.3 Å². The van der Waals surface area contributed by atoms with Crippen LogP contribution in [0.1, 0.15) is 24.9 Å². The van der Waals surface area contributed by atoms with Crippen molar-refractivity contribution in [1.82, 2.24) is 5.32 Å². The molecule has 0 radical (unpaired) electrons. The Bertz CT molecular complexity index is 516. The zero-order valence-corrected chi connectivity index (χ0v) is 11.5. The monoisotopic (exact) mass is 261 g/mol. The van der Waals surface area contributed by atoms with Crippen molar-refractivity contribution >= 4 is 21.4 Å². The number of fused-ring (bicyclic) bond motifs is 1. The summed E-state index contributed by atoms with van der Waals surface area (Å²) in [5, 5.41) is 7.19. The number of nitrogens with one attached hydrogen (secondary N) is 1. The van der Waals surface area contributed by atoms with Crippen LogP contribution in [0.4, 0.5) is 0 Å². The van der Waals surface area contributed by atoms with Gasteiger partial charge in [-0.2, -0.15) is 0 Å². The van der Waals surface area contributed by atoms with Crippen LogP contribution >= 0.6 is 11.3 Å². The van der Waals surface area contributed by atoms with Gasteiger partial charge in [0.2, 0.25) is 0 Å². The molecule has 0 spiro atoms. The molecular weight excluding hydrogens is 242 g/mol. The summed E-state index contributed by atoms with van der Waals surface area (Å²) in [6.07, 6.45) is 1.17. The lowest BCUT2D eigenvalue weighted by atomic mass is 9.91. The summed E-state index contributed by atoms with van der Waals surface area (Å²) in [7, 11) is 0. The van der Waals surface area contributed by atoms with Crippen molar-refractivity contribution in [2.45, 2.75) is 19.4 Å². The fourth-order valence-corrected chi connectivity index (χ4v) is 3.78. The Balaban J connectivity index is 2.00. The van der Waals surface area contributed by atoms with Gasteiger partial charge in [0.05, 0.1) is 6.61 Å². The highest BCUT2D eigenvalue weighted by Crippen LogP contribution is 2.35. The van der Waals surface area contributed by atoms with Gasteiger partial charge in [-0.25, -0.2) is 0 Å². The predicted molar refractivity (Wildman–Crippen MR) is 77.2 cm³/mol. The Morgan fingerprint density at radius 3 is 3.17 bits per heavy atom. The molecule has 0 amide bonds. The molecule has 1 aromatic carbocycles. The second-order valence-corrected chi connectivity index (χ2v) is 5.76. The molecule has 1 aliphatic heterocycles. The van der Waals surface area contributed by atoms with Gasteiger partial charge in [-0.1, -0.05) is 25.1 Å². The summed E-state index contributed by atoms with van der Waals surface area (Å²) in [6.45, 7) is 4.98. The molecule has 3 rings (SSSR count). The maximum absolute atomic E-state index is 5.56. The Kier molecular flexibility index (Phi) is 3.64. The maximum atomic E-state index is 5.56. The van der Waals surface area contributed by atoms with Gasteiger partial charge in [-0.3, -0.25) is 0 Å². The minimum atomic E-state index is 0.430. The first-order valence-electron chi connectivity index (χ1n) is 6.67. The topological polar surface area (TPSA) is 21.3 Å². The Labute approximate surface area is 112 Å². The van der Waals surface area contributed by atoms with E-state index < -0.39 is 0 Å². The highest BCUT2D eigenvalue weighted by Gasteiger charge is 2.27. The first-order chi connectivity index (χ1) is 8.90. The van der Waals surface area contributed by atoms with E-state index >= 15 is 0 Å². The third kappa shape index (κ3) is 2.18. The van der Waals surface area contributed by atoms with Gasteiger partial charge in [-0.15, -0.1) is 11.3 Å². The van der Waals surface area contributed by atoms with Gasteiger partial charge >= 0.3 is 0 Å². The normalized spacial score (nSPS) is 21.5. The second kappa shape index (κ2) is 5.39. The average molecular weight is 261 g/mol. The van der Waals surface area contributed by atoms with E-state index in [1.165, 1.54) is 22.1 Å². The van der Waals surface area contributed by atoms with Crippen molar-refractivity contribution in [1.29, 1.82) is 0 Å². The number of ether oxygens (including phenoxy) is 1. The molecule has 1 aromatic heterocycles. The SMILES string of the molecule is CCNC(c1cccc2ccsc12)C1CCOC1. The fourth-order valence-electron chi connectivity index (χ4n) is 2.83. The van der Waals surface area contributed by atoms with E-state index in [-0.39, 0.29) is 0 Å². The third-order valence-corrected chi connectivity index (χ3v) is 4.68. The van der Waals surface area contributed by atoms with Crippen LogP contribution in [-0.4, -0.2) is 19.8 Å². The molecule has 2 heterocycles. The molecule has 1 fully saturated rings. The van der Waals surface area contributed by atoms with Crippen LogP contribution in [0.25, 0.3) is 10.1 Å². The standard InChI is InChI=1S/C15H19NOS/c1-2-16-14(12-6-8-17-10-12)13-5-3-4-11-7-9-18-15(11)13/h3-5,7,9,12,14,16H,2,6,8,10H2,1H3. The van der Waals surface area contributed by atoms with Gasteiger partial charge in [0.25, 0.3) is 0 Å². The summed E-state index contributed by atoms with van der Waals surface area (Å²) in [4.78, 5) is 0. The zero-order valence-electron chi connectivity index (χ0n) is 10.7. The van der Waals surface area contributed by atoms with E-state index in [1.807, 2.05) is 11.3 Å². The van der Waals surface area contributed by atoms with Crippen molar-refractivity contribution < 1.29 is 4.74 Å². The molecule has 1 N–H and O–H groups in total. The van der Waals surface area contributed by atoms with E-state index in [1.54, 1.807) is 0 Å². The summed E-state index contributed by atoms with van der Waals surface area (Å²) in [5.41, 5.74) is 1.44. The highest BCUT2D eigenvalue weighted by atomic mass is 32.1. The van der Waals surface area contributed by atoms with Gasteiger partial charge in [0.1, 0.15) is 0 Å². The average Bonchev–Trinajstić information content (AvgIpc) is 3.06. The van der Waals surface area contributed by atoms with Crippen molar-refractivity contribution in [2.24, 2.45) is 5.92 Å². The first kappa shape index (κ1) is 12.2. The number of rotatable bonds is 4. The number of hydrogen-bond acceptors (Lipinski definition) is 3. The van der Waals surface area contributed by atoms with E-state index in [0.29, 0.717) is 12.0 Å². The molecule has 1 aliphatic rings. The molecule has 96 valence electrons. The number of benzene rings is 1. The van der Waals surface area contributed by atoms with Crippen LogP contribution in [0.2, 0.25) is 0 Å². The smallest absolute Gasteiger partial charge is 0.0513 e. The van der Waals surface area contributed by atoms with Gasteiger partial charge < -0.3 is 10.1 Å². The highest BCUT2D eigenvalue weighted by molar-refractivity contribution is 7.17. The van der Waals surface area contributed by atoms with Crippen LogP contribution in [-0.2, 0) is 4.74 Å². The van der Waals surface area contributed by atoms with Crippen molar-refractivity contribution in [3.63, 3.8) is 0 Å². The Morgan fingerprint density at radius 1 is 1.44 bits per heavy atom. The van der Waals surface area contributed by atoms with E-state index in [4.69, 9.17) is 4.74 Å². The van der Waals surface area contributed by atoms with Crippen LogP contribution in [0.15, 0.2) is 29.6 Å². The minimum Gasteiger partial charge on any atom is -0.381 e. The lowest BCUT2D eigenvalue weighted by Gasteiger charge is -2.24. The fraction of sp³-hybridized carbons (Fsp3) is 0.467. The van der Waals surface area contributed by atoms with Crippen molar-refractivity contribution in [3.8, 4) is 0 Å². The maximum Gasteiger partial charge on any atom is 0.0513 e. The zero-order chi connectivity index (χ0) is 12.4. The molecular formula is C15H19NOS. The molecule has 1 saturated heterocycles. The third-order valence-electron chi connectivity index (χ3n) is 3.70. The van der Waals surface area contributed by atoms with Crippen LogP contribution < -0.4 is 5.32 Å². The van der Waals surface area contributed by atoms with E-state index in [0.717, 1.165) is 19.8 Å². The first-order valence-corrected chi connectivity index (χ1v) is 7.55. The quantitative estimate of drug-likeness (QED) is 0.908. The largest absolute Gasteiger partial charge is 0.381 e. The lowest BCUT2D eigenvalue weighted by Crippen LogP contribution is -2.28. The Morgan fingerprint density at radius 2 is 2.39 bits per heavy atom. The van der Waals surface area contributed by atoms with Gasteiger partial charge in [-0.05, 0) is 35.4 Å². The van der Waals surface area contributed by atoms with Crippen LogP contribution in [0.5, 0.6) is 0 Å².